The van der Waals surface area contributed by atoms with Crippen LogP contribution in [-0.4, -0.2) is 62.5 Å². The third-order valence-corrected chi connectivity index (χ3v) is 4.21. The Morgan fingerprint density at radius 1 is 1.26 bits per heavy atom. The highest BCUT2D eigenvalue weighted by Crippen LogP contribution is 2.22. The number of hydrogen-bond acceptors (Lipinski definition) is 4. The Kier molecular flexibility index (Phi) is 6.07. The van der Waals surface area contributed by atoms with Crippen molar-refractivity contribution in [3.05, 3.63) is 0 Å². The van der Waals surface area contributed by atoms with Crippen molar-refractivity contribution in [3.63, 3.8) is 0 Å². The Morgan fingerprint density at radius 3 is 2.79 bits per heavy atom. The highest BCUT2D eigenvalue weighted by atomic mass is 16.5. The predicted octanol–water partition coefficient (Wildman–Crippen LogP) is 1.64. The molecule has 4 nitrogen and oxygen atoms in total. The Balaban J connectivity index is 1.66. The van der Waals surface area contributed by atoms with Gasteiger partial charge in [0.25, 0.3) is 0 Å². The van der Waals surface area contributed by atoms with Crippen molar-refractivity contribution in [1.82, 2.24) is 10.2 Å². The zero-order chi connectivity index (χ0) is 13.7. The van der Waals surface area contributed by atoms with Crippen LogP contribution in [0, 0.1) is 0 Å². The lowest BCUT2D eigenvalue weighted by Gasteiger charge is -2.33. The summed E-state index contributed by atoms with van der Waals surface area (Å²) in [6, 6.07) is 0.548. The molecule has 2 saturated heterocycles. The van der Waals surface area contributed by atoms with E-state index < -0.39 is 0 Å². The van der Waals surface area contributed by atoms with Gasteiger partial charge in [-0.2, -0.15) is 0 Å². The molecule has 0 aromatic heterocycles. The molecule has 3 atom stereocenters. The summed E-state index contributed by atoms with van der Waals surface area (Å²) in [6.07, 6.45) is 6.13. The summed E-state index contributed by atoms with van der Waals surface area (Å²) in [7, 11) is 1.83. The van der Waals surface area contributed by atoms with Gasteiger partial charge < -0.3 is 14.8 Å². The summed E-state index contributed by atoms with van der Waals surface area (Å²) in [4.78, 5) is 2.51. The first-order chi connectivity index (χ1) is 9.17. The van der Waals surface area contributed by atoms with E-state index in [0.717, 1.165) is 19.6 Å². The largest absolute Gasteiger partial charge is 0.380 e. The second kappa shape index (κ2) is 7.58. The molecule has 2 aliphatic heterocycles. The third-order valence-electron chi connectivity index (χ3n) is 4.21. The number of methoxy groups -OCH3 is 1. The van der Waals surface area contributed by atoms with Crippen LogP contribution in [0.2, 0.25) is 0 Å². The molecule has 0 aromatic rings. The van der Waals surface area contributed by atoms with Crippen molar-refractivity contribution in [1.29, 1.82) is 0 Å². The lowest BCUT2D eigenvalue weighted by Crippen LogP contribution is -2.43. The van der Waals surface area contributed by atoms with Crippen molar-refractivity contribution in [2.75, 3.05) is 33.3 Å². The third kappa shape index (κ3) is 5.03. The van der Waals surface area contributed by atoms with E-state index in [2.05, 4.69) is 24.1 Å². The van der Waals surface area contributed by atoms with Gasteiger partial charge in [-0.15, -0.1) is 0 Å². The quantitative estimate of drug-likeness (QED) is 0.795. The molecule has 4 heteroatoms. The Morgan fingerprint density at radius 2 is 2.05 bits per heavy atom. The second-order valence-electron chi connectivity index (χ2n) is 6.28. The molecule has 0 amide bonds. The fourth-order valence-electron chi connectivity index (χ4n) is 3.09. The van der Waals surface area contributed by atoms with Crippen LogP contribution < -0.4 is 5.32 Å². The van der Waals surface area contributed by atoms with Gasteiger partial charge in [0.05, 0.1) is 18.3 Å². The van der Waals surface area contributed by atoms with Gasteiger partial charge in [0, 0.05) is 32.8 Å². The first-order valence-corrected chi connectivity index (χ1v) is 7.81. The van der Waals surface area contributed by atoms with E-state index >= 15 is 0 Å². The summed E-state index contributed by atoms with van der Waals surface area (Å²) in [6.45, 7) is 8.73. The number of nitrogens with one attached hydrogen (secondary N) is 1. The molecule has 0 radical (unpaired) electrons. The maximum atomic E-state index is 6.14. The van der Waals surface area contributed by atoms with Gasteiger partial charge in [-0.05, 0) is 32.2 Å². The minimum Gasteiger partial charge on any atom is -0.380 e. The van der Waals surface area contributed by atoms with Crippen LogP contribution >= 0.6 is 0 Å². The monoisotopic (exact) mass is 270 g/mol. The number of likely N-dealkylation sites (tertiary alicyclic amines) is 1. The number of nitrogens with zero attached hydrogens (tertiary/aromatic N) is 1. The van der Waals surface area contributed by atoms with Gasteiger partial charge in [-0.3, -0.25) is 4.90 Å². The molecule has 2 fully saturated rings. The molecule has 112 valence electrons. The SMILES string of the molecule is COC1CCCN(CC2CCC(CNC(C)C)O2)C1. The van der Waals surface area contributed by atoms with Gasteiger partial charge in [-0.1, -0.05) is 13.8 Å². The molecule has 0 spiro atoms. The van der Waals surface area contributed by atoms with E-state index in [1.54, 1.807) is 0 Å². The Hall–Kier alpha value is -0.160. The molecule has 1 N–H and O–H groups in total. The maximum absolute atomic E-state index is 6.14. The molecule has 0 saturated carbocycles. The lowest BCUT2D eigenvalue weighted by atomic mass is 10.1. The van der Waals surface area contributed by atoms with E-state index in [0.29, 0.717) is 24.4 Å². The molecule has 19 heavy (non-hydrogen) atoms. The highest BCUT2D eigenvalue weighted by Gasteiger charge is 2.28. The van der Waals surface area contributed by atoms with Crippen molar-refractivity contribution in [3.8, 4) is 0 Å². The normalized spacial score (nSPS) is 33.2. The van der Waals surface area contributed by atoms with Crippen molar-refractivity contribution in [2.24, 2.45) is 0 Å². The van der Waals surface area contributed by atoms with Crippen LogP contribution in [-0.2, 0) is 9.47 Å². The fourth-order valence-corrected chi connectivity index (χ4v) is 3.09. The zero-order valence-electron chi connectivity index (χ0n) is 12.7. The van der Waals surface area contributed by atoms with E-state index in [4.69, 9.17) is 9.47 Å². The smallest absolute Gasteiger partial charge is 0.0707 e. The zero-order valence-corrected chi connectivity index (χ0v) is 12.7. The summed E-state index contributed by atoms with van der Waals surface area (Å²) in [5.74, 6) is 0. The van der Waals surface area contributed by atoms with Crippen LogP contribution in [0.3, 0.4) is 0 Å². The molecular formula is C15H30N2O2. The van der Waals surface area contributed by atoms with Gasteiger partial charge >= 0.3 is 0 Å². The summed E-state index contributed by atoms with van der Waals surface area (Å²) in [5.41, 5.74) is 0. The van der Waals surface area contributed by atoms with Gasteiger partial charge in [0.2, 0.25) is 0 Å². The maximum Gasteiger partial charge on any atom is 0.0707 e. The molecule has 2 rings (SSSR count). The summed E-state index contributed by atoms with van der Waals surface area (Å²) < 4.78 is 11.6. The number of hydrogen-bond donors (Lipinski definition) is 1. The van der Waals surface area contributed by atoms with Crippen LogP contribution in [0.4, 0.5) is 0 Å². The lowest BCUT2D eigenvalue weighted by molar-refractivity contribution is -0.0100. The summed E-state index contributed by atoms with van der Waals surface area (Å²) >= 11 is 0. The van der Waals surface area contributed by atoms with E-state index in [1.165, 1.54) is 32.2 Å². The molecule has 2 aliphatic rings. The van der Waals surface area contributed by atoms with Gasteiger partial charge in [0.1, 0.15) is 0 Å². The first-order valence-electron chi connectivity index (χ1n) is 7.81. The van der Waals surface area contributed by atoms with E-state index in [-0.39, 0.29) is 0 Å². The number of rotatable bonds is 6. The van der Waals surface area contributed by atoms with Crippen LogP contribution in [0.15, 0.2) is 0 Å². The average molecular weight is 270 g/mol. The van der Waals surface area contributed by atoms with E-state index in [9.17, 15) is 0 Å². The minimum atomic E-state index is 0.412. The Labute approximate surface area is 117 Å². The van der Waals surface area contributed by atoms with Crippen molar-refractivity contribution < 1.29 is 9.47 Å². The van der Waals surface area contributed by atoms with Crippen LogP contribution in [0.1, 0.15) is 39.5 Å². The van der Waals surface area contributed by atoms with Crippen molar-refractivity contribution in [2.45, 2.75) is 63.9 Å². The number of piperidine rings is 1. The topological polar surface area (TPSA) is 33.7 Å². The average Bonchev–Trinajstić information content (AvgIpc) is 2.84. The van der Waals surface area contributed by atoms with Crippen molar-refractivity contribution >= 4 is 0 Å². The highest BCUT2D eigenvalue weighted by molar-refractivity contribution is 4.81. The molecular weight excluding hydrogens is 240 g/mol. The van der Waals surface area contributed by atoms with Gasteiger partial charge in [-0.25, -0.2) is 0 Å². The minimum absolute atomic E-state index is 0.412. The Bertz CT molecular complexity index is 261. The molecule has 0 aromatic carbocycles. The van der Waals surface area contributed by atoms with Gasteiger partial charge in [0.15, 0.2) is 0 Å². The van der Waals surface area contributed by atoms with Crippen LogP contribution in [0.5, 0.6) is 0 Å². The predicted molar refractivity (Wildman–Crippen MR) is 77.5 cm³/mol. The summed E-state index contributed by atoms with van der Waals surface area (Å²) in [5, 5.41) is 3.47. The molecule has 0 bridgehead atoms. The van der Waals surface area contributed by atoms with Crippen LogP contribution in [0.25, 0.3) is 0 Å². The first kappa shape index (κ1) is 15.2. The van der Waals surface area contributed by atoms with E-state index in [1.807, 2.05) is 7.11 Å². The molecule has 0 aliphatic carbocycles. The fraction of sp³-hybridized carbons (Fsp3) is 1.00. The standard InChI is InChI=1S/C15H30N2O2/c1-12(2)16-9-13-6-7-15(19-13)11-17-8-4-5-14(10-17)18-3/h12-16H,4-11H2,1-3H3. The molecule has 2 heterocycles. The number of ether oxygens (including phenoxy) is 2. The second-order valence-corrected chi connectivity index (χ2v) is 6.28. The molecule has 3 unspecified atom stereocenters.